The Morgan fingerprint density at radius 3 is 2.75 bits per heavy atom. The molecule has 0 radical (unpaired) electrons. The Hall–Kier alpha value is -2.03. The average Bonchev–Trinajstić information content (AvgIpc) is 2.81. The first-order valence-electron chi connectivity index (χ1n) is 4.95. The van der Waals surface area contributed by atoms with Crippen LogP contribution in [0.5, 0.6) is 5.75 Å². The molecule has 1 heterocycles. The average molecular weight is 216 g/mol. The summed E-state index contributed by atoms with van der Waals surface area (Å²) in [7, 11) is 1.55. The van der Waals surface area contributed by atoms with E-state index in [1.165, 1.54) is 6.26 Å². The molecule has 2 rings (SSSR count). The minimum absolute atomic E-state index is 0.162. The van der Waals surface area contributed by atoms with Crippen molar-refractivity contribution < 1.29 is 13.9 Å². The van der Waals surface area contributed by atoms with Crippen molar-refractivity contribution >= 4 is 5.78 Å². The number of rotatable bonds is 3. The van der Waals surface area contributed by atoms with E-state index >= 15 is 0 Å². The van der Waals surface area contributed by atoms with Crippen molar-refractivity contribution in [2.75, 3.05) is 7.11 Å². The van der Waals surface area contributed by atoms with E-state index in [1.807, 2.05) is 13.0 Å². The molecular weight excluding hydrogens is 204 g/mol. The molecule has 0 atom stereocenters. The first kappa shape index (κ1) is 10.5. The number of hydrogen-bond acceptors (Lipinski definition) is 3. The van der Waals surface area contributed by atoms with Gasteiger partial charge in [-0.15, -0.1) is 0 Å². The first-order valence-corrected chi connectivity index (χ1v) is 4.95. The van der Waals surface area contributed by atoms with Gasteiger partial charge in [0.05, 0.1) is 18.9 Å². The lowest BCUT2D eigenvalue weighted by molar-refractivity contribution is 0.101. The SMILES string of the molecule is COc1ccc(C)cc1C(=O)c1ccco1. The van der Waals surface area contributed by atoms with E-state index < -0.39 is 0 Å². The number of aryl methyl sites for hydroxylation is 1. The van der Waals surface area contributed by atoms with Crippen LogP contribution < -0.4 is 4.74 Å². The first-order chi connectivity index (χ1) is 7.72. The Morgan fingerprint density at radius 1 is 1.31 bits per heavy atom. The lowest BCUT2D eigenvalue weighted by atomic mass is 10.1. The third-order valence-electron chi connectivity index (χ3n) is 2.34. The van der Waals surface area contributed by atoms with E-state index in [2.05, 4.69) is 0 Å². The van der Waals surface area contributed by atoms with Crippen molar-refractivity contribution in [3.05, 3.63) is 53.5 Å². The van der Waals surface area contributed by atoms with Crippen LogP contribution in [0.2, 0.25) is 0 Å². The van der Waals surface area contributed by atoms with Gasteiger partial charge in [-0.25, -0.2) is 0 Å². The molecule has 1 aromatic heterocycles. The number of furan rings is 1. The predicted octanol–water partition coefficient (Wildman–Crippen LogP) is 2.83. The summed E-state index contributed by atoms with van der Waals surface area (Å²) in [5.74, 6) is 0.724. The summed E-state index contributed by atoms with van der Waals surface area (Å²) in [6, 6.07) is 8.81. The van der Waals surface area contributed by atoms with Crippen molar-refractivity contribution in [3.8, 4) is 5.75 Å². The topological polar surface area (TPSA) is 39.4 Å². The molecule has 0 bridgehead atoms. The highest BCUT2D eigenvalue weighted by Gasteiger charge is 2.16. The monoisotopic (exact) mass is 216 g/mol. The van der Waals surface area contributed by atoms with Gasteiger partial charge >= 0.3 is 0 Å². The molecule has 0 N–H and O–H groups in total. The molecule has 0 saturated heterocycles. The summed E-state index contributed by atoms with van der Waals surface area (Å²) in [6.07, 6.45) is 1.48. The van der Waals surface area contributed by atoms with Crippen molar-refractivity contribution in [2.24, 2.45) is 0 Å². The van der Waals surface area contributed by atoms with Crippen LogP contribution in [-0.2, 0) is 0 Å². The zero-order valence-corrected chi connectivity index (χ0v) is 9.19. The Balaban J connectivity index is 2.47. The maximum absolute atomic E-state index is 12.1. The van der Waals surface area contributed by atoms with Gasteiger partial charge in [0.1, 0.15) is 5.75 Å². The molecule has 3 heteroatoms. The van der Waals surface area contributed by atoms with Crippen molar-refractivity contribution in [1.29, 1.82) is 0 Å². The number of ether oxygens (including phenoxy) is 1. The molecule has 0 unspecified atom stereocenters. The van der Waals surface area contributed by atoms with Crippen molar-refractivity contribution in [1.82, 2.24) is 0 Å². The second kappa shape index (κ2) is 4.23. The highest BCUT2D eigenvalue weighted by atomic mass is 16.5. The van der Waals surface area contributed by atoms with Gasteiger partial charge < -0.3 is 9.15 Å². The fourth-order valence-electron chi connectivity index (χ4n) is 1.54. The molecule has 0 aliphatic carbocycles. The van der Waals surface area contributed by atoms with Crippen LogP contribution >= 0.6 is 0 Å². The van der Waals surface area contributed by atoms with Crippen LogP contribution in [0.15, 0.2) is 41.0 Å². The molecule has 0 saturated carbocycles. The maximum atomic E-state index is 12.1. The largest absolute Gasteiger partial charge is 0.496 e. The lowest BCUT2D eigenvalue weighted by Crippen LogP contribution is -2.03. The molecule has 82 valence electrons. The fourth-order valence-corrected chi connectivity index (χ4v) is 1.54. The molecule has 16 heavy (non-hydrogen) atoms. The summed E-state index contributed by atoms with van der Waals surface area (Å²) in [5.41, 5.74) is 1.54. The summed E-state index contributed by atoms with van der Waals surface area (Å²) >= 11 is 0. The molecule has 0 amide bonds. The van der Waals surface area contributed by atoms with E-state index in [9.17, 15) is 4.79 Å². The van der Waals surface area contributed by atoms with Gasteiger partial charge in [0.25, 0.3) is 0 Å². The second-order valence-electron chi connectivity index (χ2n) is 3.51. The minimum Gasteiger partial charge on any atom is -0.496 e. The molecule has 2 aromatic rings. The highest BCUT2D eigenvalue weighted by Crippen LogP contribution is 2.22. The Kier molecular flexibility index (Phi) is 2.77. The second-order valence-corrected chi connectivity index (χ2v) is 3.51. The van der Waals surface area contributed by atoms with Gasteiger partial charge in [-0.2, -0.15) is 0 Å². The van der Waals surface area contributed by atoms with E-state index in [1.54, 1.807) is 31.4 Å². The molecule has 0 aliphatic heterocycles. The Labute approximate surface area is 93.7 Å². The lowest BCUT2D eigenvalue weighted by Gasteiger charge is -2.06. The number of carbonyl (C=O) groups is 1. The minimum atomic E-state index is -0.162. The van der Waals surface area contributed by atoms with Crippen LogP contribution in [0.25, 0.3) is 0 Å². The van der Waals surface area contributed by atoms with E-state index in [0.29, 0.717) is 17.1 Å². The molecule has 0 spiro atoms. The predicted molar refractivity (Wildman–Crippen MR) is 59.9 cm³/mol. The van der Waals surface area contributed by atoms with Gasteiger partial charge in [-0.1, -0.05) is 11.6 Å². The van der Waals surface area contributed by atoms with Crippen LogP contribution in [0, 0.1) is 6.92 Å². The standard InChI is InChI=1S/C13H12O3/c1-9-5-6-11(15-2)10(8-9)13(14)12-4-3-7-16-12/h3-8H,1-2H3. The summed E-state index contributed by atoms with van der Waals surface area (Å²) in [4.78, 5) is 12.1. The number of benzene rings is 1. The molecule has 3 nitrogen and oxygen atoms in total. The number of ketones is 1. The fraction of sp³-hybridized carbons (Fsp3) is 0.154. The molecule has 1 aromatic carbocycles. The molecule has 0 fully saturated rings. The third-order valence-corrected chi connectivity index (χ3v) is 2.34. The van der Waals surface area contributed by atoms with Crippen molar-refractivity contribution in [3.63, 3.8) is 0 Å². The normalized spacial score (nSPS) is 10.1. The van der Waals surface area contributed by atoms with Crippen LogP contribution in [0.3, 0.4) is 0 Å². The summed E-state index contributed by atoms with van der Waals surface area (Å²) in [6.45, 7) is 1.93. The highest BCUT2D eigenvalue weighted by molar-refractivity contribution is 6.09. The third kappa shape index (κ3) is 1.84. The van der Waals surface area contributed by atoms with Gasteiger partial charge in [0, 0.05) is 0 Å². The summed E-state index contributed by atoms with van der Waals surface area (Å²) in [5, 5.41) is 0. The molecule has 0 aliphatic rings. The Morgan fingerprint density at radius 2 is 2.12 bits per heavy atom. The Bertz CT molecular complexity index is 498. The zero-order valence-electron chi connectivity index (χ0n) is 9.19. The van der Waals surface area contributed by atoms with Gasteiger partial charge in [0.15, 0.2) is 5.76 Å². The number of carbonyl (C=O) groups excluding carboxylic acids is 1. The van der Waals surface area contributed by atoms with Gasteiger partial charge in [-0.3, -0.25) is 4.79 Å². The van der Waals surface area contributed by atoms with Crippen LogP contribution in [0.1, 0.15) is 21.7 Å². The van der Waals surface area contributed by atoms with Crippen molar-refractivity contribution in [2.45, 2.75) is 6.92 Å². The van der Waals surface area contributed by atoms with E-state index in [4.69, 9.17) is 9.15 Å². The number of hydrogen-bond donors (Lipinski definition) is 0. The quantitative estimate of drug-likeness (QED) is 0.740. The maximum Gasteiger partial charge on any atom is 0.231 e. The van der Waals surface area contributed by atoms with E-state index in [0.717, 1.165) is 5.56 Å². The van der Waals surface area contributed by atoms with Gasteiger partial charge in [0.2, 0.25) is 5.78 Å². The van der Waals surface area contributed by atoms with Crippen LogP contribution in [-0.4, -0.2) is 12.9 Å². The van der Waals surface area contributed by atoms with Crippen LogP contribution in [0.4, 0.5) is 0 Å². The smallest absolute Gasteiger partial charge is 0.231 e. The number of methoxy groups -OCH3 is 1. The van der Waals surface area contributed by atoms with Gasteiger partial charge in [-0.05, 0) is 31.2 Å². The molecular formula is C13H12O3. The van der Waals surface area contributed by atoms with E-state index in [-0.39, 0.29) is 5.78 Å². The zero-order chi connectivity index (χ0) is 11.5. The summed E-state index contributed by atoms with van der Waals surface area (Å²) < 4.78 is 10.2.